The number of rotatable bonds is 6. The van der Waals surface area contributed by atoms with Crippen LogP contribution in [-0.2, 0) is 25.2 Å². The predicted molar refractivity (Wildman–Crippen MR) is 148 cm³/mol. The molecule has 1 aromatic carbocycles. The molecule has 9 atom stereocenters. The van der Waals surface area contributed by atoms with Crippen LogP contribution in [0.5, 0.6) is 0 Å². The van der Waals surface area contributed by atoms with Crippen molar-refractivity contribution in [1.29, 1.82) is 0 Å². The fourth-order valence-electron chi connectivity index (χ4n) is 9.00. The van der Waals surface area contributed by atoms with Gasteiger partial charge >= 0.3 is 6.18 Å². The van der Waals surface area contributed by atoms with Crippen LogP contribution in [-0.4, -0.2) is 46.5 Å². The van der Waals surface area contributed by atoms with Crippen molar-refractivity contribution in [2.45, 2.75) is 94.5 Å². The summed E-state index contributed by atoms with van der Waals surface area (Å²) in [6.45, 7) is 6.22. The lowest BCUT2D eigenvalue weighted by atomic mass is 9.46. The SMILES string of the molecule is CCCC1O[C@@H]2CC3C4CCC5=CC(=O)C=CC5(C)C4C(O)CC3(C)[C@]2(C(=O)CSc2ccc(C(F)(F)F)cc2)O1. The highest BCUT2D eigenvalue weighted by molar-refractivity contribution is 8.00. The molecule has 222 valence electrons. The van der Waals surface area contributed by atoms with Crippen LogP contribution in [0.1, 0.15) is 64.9 Å². The largest absolute Gasteiger partial charge is 0.416 e. The number of ether oxygens (including phenoxy) is 2. The van der Waals surface area contributed by atoms with Crippen molar-refractivity contribution in [3.05, 3.63) is 53.6 Å². The summed E-state index contributed by atoms with van der Waals surface area (Å²) >= 11 is 1.21. The lowest BCUT2D eigenvalue weighted by Gasteiger charge is -2.59. The second-order valence-electron chi connectivity index (χ2n) is 12.9. The van der Waals surface area contributed by atoms with E-state index in [1.54, 1.807) is 12.2 Å². The summed E-state index contributed by atoms with van der Waals surface area (Å²) in [6.07, 6.45) is 3.32. The van der Waals surface area contributed by atoms with Crippen molar-refractivity contribution in [3.63, 3.8) is 0 Å². The minimum atomic E-state index is -4.42. The van der Waals surface area contributed by atoms with Crippen LogP contribution in [0.15, 0.2) is 53.0 Å². The van der Waals surface area contributed by atoms with Crippen molar-refractivity contribution in [3.8, 4) is 0 Å². The number of hydrogen-bond acceptors (Lipinski definition) is 6. The predicted octanol–water partition coefficient (Wildman–Crippen LogP) is 6.54. The van der Waals surface area contributed by atoms with Gasteiger partial charge in [0.05, 0.1) is 23.5 Å². The molecular weight excluding hydrogens is 553 g/mol. The molecule has 7 unspecified atom stereocenters. The Hall–Kier alpha value is -1.94. The Morgan fingerprint density at radius 1 is 1.20 bits per heavy atom. The van der Waals surface area contributed by atoms with E-state index in [0.29, 0.717) is 24.2 Å². The van der Waals surface area contributed by atoms with Gasteiger partial charge in [-0.15, -0.1) is 11.8 Å². The molecule has 1 heterocycles. The van der Waals surface area contributed by atoms with Gasteiger partial charge in [0.1, 0.15) is 0 Å². The van der Waals surface area contributed by atoms with Crippen LogP contribution in [0.3, 0.4) is 0 Å². The summed E-state index contributed by atoms with van der Waals surface area (Å²) in [5.41, 5.74) is -1.99. The Kier molecular flexibility index (Phi) is 7.16. The average Bonchev–Trinajstić information content (AvgIpc) is 3.39. The zero-order valence-corrected chi connectivity index (χ0v) is 24.4. The highest BCUT2D eigenvalue weighted by Crippen LogP contribution is 2.69. The van der Waals surface area contributed by atoms with Gasteiger partial charge in [-0.1, -0.05) is 38.8 Å². The van der Waals surface area contributed by atoms with Gasteiger partial charge in [0, 0.05) is 21.6 Å². The van der Waals surface area contributed by atoms with Crippen LogP contribution in [0.4, 0.5) is 13.2 Å². The molecule has 0 radical (unpaired) electrons. The topological polar surface area (TPSA) is 72.8 Å². The molecule has 0 amide bonds. The number of alkyl halides is 3. The molecule has 1 aliphatic heterocycles. The number of hydrogen-bond donors (Lipinski definition) is 1. The lowest BCUT2D eigenvalue weighted by Crippen LogP contribution is -2.63. The van der Waals surface area contributed by atoms with E-state index in [9.17, 15) is 27.9 Å². The van der Waals surface area contributed by atoms with Crippen LogP contribution in [0.25, 0.3) is 0 Å². The minimum Gasteiger partial charge on any atom is -0.393 e. The van der Waals surface area contributed by atoms with Gasteiger partial charge in [0.2, 0.25) is 0 Å². The number of carbonyl (C=O) groups is 2. The highest BCUT2D eigenvalue weighted by atomic mass is 32.2. The number of carbonyl (C=O) groups excluding carboxylic acids is 2. The third-order valence-corrected chi connectivity index (χ3v) is 11.8. The summed E-state index contributed by atoms with van der Waals surface area (Å²) < 4.78 is 52.2. The Morgan fingerprint density at radius 3 is 2.61 bits per heavy atom. The van der Waals surface area contributed by atoms with Crippen molar-refractivity contribution in [2.24, 2.45) is 28.6 Å². The standard InChI is InChI=1S/C32H37F3O5S/c1-4-5-27-39-26-15-23-22-11-8-19-14-20(36)12-13-29(19,2)28(22)24(37)16-30(23,3)31(26,40-27)25(38)17-41-21-9-6-18(7-10-21)32(33,34)35/h6-7,9-10,12-14,22-24,26-28,37H,4-5,8,11,15-17H2,1-3H3/t22?,23?,24?,26-,27?,28?,29?,30?,31-/m1/s1. The number of Topliss-reactive ketones (excluding diaryl/α,β-unsaturated/α-hetero) is 1. The zero-order chi connectivity index (χ0) is 29.4. The van der Waals surface area contributed by atoms with Crippen molar-refractivity contribution in [1.82, 2.24) is 0 Å². The molecule has 0 bridgehead atoms. The van der Waals surface area contributed by atoms with Crippen molar-refractivity contribution in [2.75, 3.05) is 5.75 Å². The number of fused-ring (bicyclic) bond motifs is 7. The molecule has 0 spiro atoms. The van der Waals surface area contributed by atoms with E-state index < -0.39 is 46.7 Å². The van der Waals surface area contributed by atoms with Crippen molar-refractivity contribution < 1.29 is 37.3 Å². The molecule has 3 saturated carbocycles. The molecule has 6 rings (SSSR count). The number of halogens is 3. The van der Waals surface area contributed by atoms with Crippen LogP contribution in [0, 0.1) is 28.6 Å². The van der Waals surface area contributed by atoms with E-state index in [0.717, 1.165) is 37.0 Å². The summed E-state index contributed by atoms with van der Waals surface area (Å²) in [7, 11) is 0. The third-order valence-electron chi connectivity index (χ3n) is 10.8. The molecule has 4 aliphatic carbocycles. The average molecular weight is 591 g/mol. The highest BCUT2D eigenvalue weighted by Gasteiger charge is 2.75. The summed E-state index contributed by atoms with van der Waals surface area (Å²) in [4.78, 5) is 27.0. The molecule has 5 nitrogen and oxygen atoms in total. The molecule has 1 aromatic rings. The van der Waals surface area contributed by atoms with Crippen LogP contribution in [0.2, 0.25) is 0 Å². The van der Waals surface area contributed by atoms with E-state index >= 15 is 0 Å². The molecule has 9 heteroatoms. The summed E-state index contributed by atoms with van der Waals surface area (Å²) in [6, 6.07) is 4.85. The maximum Gasteiger partial charge on any atom is 0.416 e. The second-order valence-corrected chi connectivity index (χ2v) is 13.9. The first-order valence-electron chi connectivity index (χ1n) is 14.6. The normalized spacial score (nSPS) is 41.3. The van der Waals surface area contributed by atoms with E-state index in [-0.39, 0.29) is 35.1 Å². The number of allylic oxidation sites excluding steroid dienone is 4. The molecular formula is C32H37F3O5S. The summed E-state index contributed by atoms with van der Waals surface area (Å²) in [5, 5.41) is 11.8. The second kappa shape index (κ2) is 10.1. The van der Waals surface area contributed by atoms with Gasteiger partial charge in [-0.3, -0.25) is 9.59 Å². The van der Waals surface area contributed by atoms with Crippen LogP contribution < -0.4 is 0 Å². The Labute approximate surface area is 242 Å². The Balaban J connectivity index is 1.30. The number of aliphatic hydroxyl groups excluding tert-OH is 1. The Bertz CT molecular complexity index is 1290. The number of ketones is 2. The van der Waals surface area contributed by atoms with Gasteiger partial charge in [0.25, 0.3) is 0 Å². The molecule has 1 saturated heterocycles. The van der Waals surface area contributed by atoms with Crippen LogP contribution >= 0.6 is 11.8 Å². The molecule has 4 fully saturated rings. The van der Waals surface area contributed by atoms with Crippen molar-refractivity contribution >= 4 is 23.3 Å². The quantitative estimate of drug-likeness (QED) is 0.380. The van der Waals surface area contributed by atoms with Gasteiger partial charge in [-0.05, 0) is 80.4 Å². The maximum atomic E-state index is 14.3. The van der Waals surface area contributed by atoms with E-state index in [1.165, 1.54) is 23.9 Å². The molecule has 5 aliphatic rings. The smallest absolute Gasteiger partial charge is 0.393 e. The van der Waals surface area contributed by atoms with Gasteiger partial charge in [-0.25, -0.2) is 0 Å². The molecule has 1 N–H and O–H groups in total. The van der Waals surface area contributed by atoms with E-state index in [4.69, 9.17) is 9.47 Å². The first kappa shape index (κ1) is 29.1. The monoisotopic (exact) mass is 590 g/mol. The fourth-order valence-corrected chi connectivity index (χ4v) is 9.84. The first-order valence-corrected chi connectivity index (χ1v) is 15.6. The lowest BCUT2D eigenvalue weighted by molar-refractivity contribution is -0.197. The molecule has 41 heavy (non-hydrogen) atoms. The van der Waals surface area contributed by atoms with Gasteiger partial charge in [0.15, 0.2) is 23.5 Å². The fraction of sp³-hybridized carbons (Fsp3) is 0.625. The zero-order valence-electron chi connectivity index (χ0n) is 23.6. The van der Waals surface area contributed by atoms with Gasteiger partial charge in [-0.2, -0.15) is 13.2 Å². The number of thioether (sulfide) groups is 1. The number of aliphatic hydroxyl groups is 1. The molecule has 0 aromatic heterocycles. The summed E-state index contributed by atoms with van der Waals surface area (Å²) in [5.74, 6) is 0.00868. The van der Waals surface area contributed by atoms with E-state index in [2.05, 4.69) is 13.8 Å². The first-order chi connectivity index (χ1) is 19.3. The number of benzene rings is 1. The minimum absolute atomic E-state index is 0.0136. The maximum absolute atomic E-state index is 14.3. The van der Waals surface area contributed by atoms with E-state index in [1.807, 2.05) is 13.0 Å². The Morgan fingerprint density at radius 2 is 1.93 bits per heavy atom. The van der Waals surface area contributed by atoms with Gasteiger partial charge < -0.3 is 14.6 Å². The third kappa shape index (κ3) is 4.40.